The van der Waals surface area contributed by atoms with Crippen molar-refractivity contribution in [3.63, 3.8) is 0 Å². The van der Waals surface area contributed by atoms with Crippen LogP contribution >= 0.6 is 12.4 Å². The van der Waals surface area contributed by atoms with Crippen molar-refractivity contribution in [2.75, 3.05) is 6.61 Å². The number of benzene rings is 1. The van der Waals surface area contributed by atoms with E-state index in [4.69, 9.17) is 10.5 Å². The van der Waals surface area contributed by atoms with Gasteiger partial charge >= 0.3 is 0 Å². The van der Waals surface area contributed by atoms with E-state index in [1.807, 2.05) is 6.92 Å². The number of ether oxygens (including phenoxy) is 1. The van der Waals surface area contributed by atoms with Crippen LogP contribution in [0.4, 0.5) is 8.78 Å². The second-order valence-corrected chi connectivity index (χ2v) is 3.91. The standard InChI is InChI=1S/C12H17F2NO.ClH/c1-3-4-16-12-9(5-8(2)15)6-10(13)7-11(12)14;/h6-8H,3-5,15H2,1-2H3;1H. The number of hydrogen-bond donors (Lipinski definition) is 1. The number of halogens is 3. The Balaban J connectivity index is 0.00000256. The maximum absolute atomic E-state index is 13.5. The highest BCUT2D eigenvalue weighted by Gasteiger charge is 2.13. The molecule has 98 valence electrons. The molecule has 0 aliphatic heterocycles. The normalized spacial score (nSPS) is 11.8. The van der Waals surface area contributed by atoms with Crippen molar-refractivity contribution in [1.82, 2.24) is 0 Å². The van der Waals surface area contributed by atoms with Crippen molar-refractivity contribution in [2.24, 2.45) is 5.73 Å². The minimum Gasteiger partial charge on any atom is -0.490 e. The fourth-order valence-corrected chi connectivity index (χ4v) is 1.48. The van der Waals surface area contributed by atoms with Gasteiger partial charge < -0.3 is 10.5 Å². The summed E-state index contributed by atoms with van der Waals surface area (Å²) in [4.78, 5) is 0. The summed E-state index contributed by atoms with van der Waals surface area (Å²) in [5, 5.41) is 0. The van der Waals surface area contributed by atoms with E-state index in [-0.39, 0.29) is 24.2 Å². The van der Waals surface area contributed by atoms with Gasteiger partial charge in [0.25, 0.3) is 0 Å². The van der Waals surface area contributed by atoms with E-state index in [1.54, 1.807) is 6.92 Å². The zero-order valence-electron chi connectivity index (χ0n) is 10.0. The predicted molar refractivity (Wildman–Crippen MR) is 66.7 cm³/mol. The van der Waals surface area contributed by atoms with Gasteiger partial charge in [0.15, 0.2) is 11.6 Å². The van der Waals surface area contributed by atoms with Gasteiger partial charge in [0.1, 0.15) is 5.82 Å². The third kappa shape index (κ3) is 4.88. The van der Waals surface area contributed by atoms with E-state index in [0.29, 0.717) is 18.6 Å². The van der Waals surface area contributed by atoms with Crippen molar-refractivity contribution in [2.45, 2.75) is 32.7 Å². The summed E-state index contributed by atoms with van der Waals surface area (Å²) >= 11 is 0. The molecule has 1 aromatic rings. The molecule has 0 saturated carbocycles. The summed E-state index contributed by atoms with van der Waals surface area (Å²) in [5.74, 6) is -1.14. The number of rotatable bonds is 5. The summed E-state index contributed by atoms with van der Waals surface area (Å²) in [7, 11) is 0. The van der Waals surface area contributed by atoms with E-state index >= 15 is 0 Å². The average Bonchev–Trinajstić information content (AvgIpc) is 2.15. The highest BCUT2D eigenvalue weighted by atomic mass is 35.5. The van der Waals surface area contributed by atoms with E-state index < -0.39 is 11.6 Å². The van der Waals surface area contributed by atoms with Gasteiger partial charge in [-0.05, 0) is 25.8 Å². The molecule has 0 radical (unpaired) electrons. The van der Waals surface area contributed by atoms with Gasteiger partial charge in [-0.25, -0.2) is 8.78 Å². The van der Waals surface area contributed by atoms with Gasteiger partial charge in [-0.3, -0.25) is 0 Å². The van der Waals surface area contributed by atoms with Gasteiger partial charge in [-0.15, -0.1) is 12.4 Å². The van der Waals surface area contributed by atoms with Crippen molar-refractivity contribution in [3.8, 4) is 5.75 Å². The Labute approximate surface area is 107 Å². The summed E-state index contributed by atoms with van der Waals surface area (Å²) in [6, 6.07) is 1.94. The minimum absolute atomic E-state index is 0. The van der Waals surface area contributed by atoms with Crippen LogP contribution in [0.25, 0.3) is 0 Å². The Morgan fingerprint density at radius 2 is 2.00 bits per heavy atom. The Kier molecular flexibility index (Phi) is 7.07. The molecule has 2 nitrogen and oxygen atoms in total. The molecule has 0 saturated heterocycles. The maximum atomic E-state index is 13.5. The molecular formula is C12H18ClF2NO. The SMILES string of the molecule is CCCOc1c(F)cc(F)cc1CC(C)N.Cl. The molecule has 0 fully saturated rings. The molecular weight excluding hydrogens is 248 g/mol. The zero-order valence-corrected chi connectivity index (χ0v) is 10.8. The van der Waals surface area contributed by atoms with E-state index in [2.05, 4.69) is 0 Å². The van der Waals surface area contributed by atoms with Crippen LogP contribution in [0.5, 0.6) is 5.75 Å². The van der Waals surface area contributed by atoms with Crippen LogP contribution in [0.15, 0.2) is 12.1 Å². The molecule has 2 N–H and O–H groups in total. The van der Waals surface area contributed by atoms with Gasteiger partial charge in [0, 0.05) is 17.7 Å². The van der Waals surface area contributed by atoms with E-state index in [1.165, 1.54) is 6.07 Å². The van der Waals surface area contributed by atoms with Crippen molar-refractivity contribution in [1.29, 1.82) is 0 Å². The second kappa shape index (κ2) is 7.45. The first-order chi connectivity index (χ1) is 7.54. The average molecular weight is 266 g/mol. The van der Waals surface area contributed by atoms with Gasteiger partial charge in [0.05, 0.1) is 6.61 Å². The molecule has 0 aliphatic carbocycles. The predicted octanol–water partition coefficient (Wildman–Crippen LogP) is 3.07. The molecule has 17 heavy (non-hydrogen) atoms. The summed E-state index contributed by atoms with van der Waals surface area (Å²) < 4.78 is 31.8. The lowest BCUT2D eigenvalue weighted by Gasteiger charge is -2.13. The monoisotopic (exact) mass is 265 g/mol. The zero-order chi connectivity index (χ0) is 12.1. The number of hydrogen-bond acceptors (Lipinski definition) is 2. The molecule has 1 unspecified atom stereocenters. The first kappa shape index (κ1) is 16.1. The van der Waals surface area contributed by atoms with Crippen LogP contribution in [-0.2, 0) is 6.42 Å². The second-order valence-electron chi connectivity index (χ2n) is 3.91. The molecule has 1 aromatic carbocycles. The van der Waals surface area contributed by atoms with Crippen molar-refractivity contribution < 1.29 is 13.5 Å². The van der Waals surface area contributed by atoms with Crippen LogP contribution in [0.2, 0.25) is 0 Å². The minimum atomic E-state index is -0.663. The third-order valence-corrected chi connectivity index (χ3v) is 2.08. The molecule has 5 heteroatoms. The van der Waals surface area contributed by atoms with Gasteiger partial charge in [-0.1, -0.05) is 6.92 Å². The van der Waals surface area contributed by atoms with Crippen LogP contribution in [0.1, 0.15) is 25.8 Å². The van der Waals surface area contributed by atoms with Crippen LogP contribution in [0.3, 0.4) is 0 Å². The van der Waals surface area contributed by atoms with Crippen molar-refractivity contribution >= 4 is 12.4 Å². The molecule has 0 amide bonds. The Morgan fingerprint density at radius 3 is 2.53 bits per heavy atom. The fraction of sp³-hybridized carbons (Fsp3) is 0.500. The number of nitrogens with two attached hydrogens (primary N) is 1. The summed E-state index contributed by atoms with van der Waals surface area (Å²) in [5.41, 5.74) is 6.11. The van der Waals surface area contributed by atoms with Crippen LogP contribution in [-0.4, -0.2) is 12.6 Å². The lowest BCUT2D eigenvalue weighted by molar-refractivity contribution is 0.296. The summed E-state index contributed by atoms with van der Waals surface area (Å²) in [6.07, 6.45) is 1.17. The van der Waals surface area contributed by atoms with E-state index in [9.17, 15) is 8.78 Å². The highest BCUT2D eigenvalue weighted by molar-refractivity contribution is 5.85. The van der Waals surface area contributed by atoms with E-state index in [0.717, 1.165) is 12.5 Å². The first-order valence-corrected chi connectivity index (χ1v) is 5.41. The molecule has 1 atom stereocenters. The largest absolute Gasteiger partial charge is 0.490 e. The van der Waals surface area contributed by atoms with Crippen LogP contribution < -0.4 is 10.5 Å². The van der Waals surface area contributed by atoms with Crippen LogP contribution in [0, 0.1) is 11.6 Å². The van der Waals surface area contributed by atoms with Gasteiger partial charge in [-0.2, -0.15) is 0 Å². The topological polar surface area (TPSA) is 35.2 Å². The molecule has 0 heterocycles. The lowest BCUT2D eigenvalue weighted by atomic mass is 10.1. The first-order valence-electron chi connectivity index (χ1n) is 5.41. The maximum Gasteiger partial charge on any atom is 0.168 e. The third-order valence-electron chi connectivity index (χ3n) is 2.08. The quantitative estimate of drug-likeness (QED) is 0.888. The fourth-order valence-electron chi connectivity index (χ4n) is 1.48. The molecule has 1 rings (SSSR count). The molecule has 0 bridgehead atoms. The van der Waals surface area contributed by atoms with Gasteiger partial charge in [0.2, 0.25) is 0 Å². The highest BCUT2D eigenvalue weighted by Crippen LogP contribution is 2.25. The van der Waals surface area contributed by atoms with Crippen molar-refractivity contribution in [3.05, 3.63) is 29.3 Å². The smallest absolute Gasteiger partial charge is 0.168 e. The summed E-state index contributed by atoms with van der Waals surface area (Å²) in [6.45, 7) is 4.12. The Morgan fingerprint density at radius 1 is 1.35 bits per heavy atom. The molecule has 0 spiro atoms. The molecule has 0 aliphatic rings. The molecule has 0 aromatic heterocycles. The Bertz CT molecular complexity index is 359. The lowest BCUT2D eigenvalue weighted by Crippen LogP contribution is -2.19. The Hall–Kier alpha value is -0.870.